The predicted molar refractivity (Wildman–Crippen MR) is 108 cm³/mol. The van der Waals surface area contributed by atoms with Crippen LogP contribution in [0.5, 0.6) is 11.5 Å². The third-order valence-electron chi connectivity index (χ3n) is 3.97. The molecule has 0 spiro atoms. The van der Waals surface area contributed by atoms with Gasteiger partial charge in [-0.2, -0.15) is 0 Å². The lowest BCUT2D eigenvalue weighted by Gasteiger charge is -2.19. The lowest BCUT2D eigenvalue weighted by molar-refractivity contribution is 0.102. The molecule has 0 unspecified atom stereocenters. The Balaban J connectivity index is 1.37. The summed E-state index contributed by atoms with van der Waals surface area (Å²) in [5.74, 6) is 2.03. The van der Waals surface area contributed by atoms with E-state index < -0.39 is 0 Å². The molecule has 7 heteroatoms. The molecule has 138 valence electrons. The lowest BCUT2D eigenvalue weighted by atomic mass is 10.2. The molecule has 2 aromatic carbocycles. The maximum absolute atomic E-state index is 12.5. The van der Waals surface area contributed by atoms with E-state index in [2.05, 4.69) is 15.7 Å². The number of amides is 1. The molecule has 3 aromatic rings. The number of hydrogen-bond donors (Lipinski definition) is 1. The summed E-state index contributed by atoms with van der Waals surface area (Å²) in [7, 11) is 0. The molecule has 0 aliphatic carbocycles. The second kappa shape index (κ2) is 8.02. The van der Waals surface area contributed by atoms with Crippen molar-refractivity contribution in [3.63, 3.8) is 0 Å². The van der Waals surface area contributed by atoms with Gasteiger partial charge in [0.2, 0.25) is 0 Å². The molecule has 0 radical (unpaired) electrons. The Morgan fingerprint density at radius 2 is 1.93 bits per heavy atom. The van der Waals surface area contributed by atoms with Crippen LogP contribution in [0.4, 0.5) is 5.69 Å². The number of thiazole rings is 1. The summed E-state index contributed by atoms with van der Waals surface area (Å²) in [6.45, 7) is 3.07. The van der Waals surface area contributed by atoms with Crippen molar-refractivity contribution in [1.29, 1.82) is 0 Å². The number of thioether (sulfide) groups is 1. The number of benzene rings is 2. The van der Waals surface area contributed by atoms with E-state index in [1.165, 1.54) is 0 Å². The number of carbonyl (C=O) groups is 1. The Hall–Kier alpha value is -2.51. The number of rotatable bonds is 5. The second-order valence-corrected chi connectivity index (χ2v) is 8.09. The van der Waals surface area contributed by atoms with Crippen molar-refractivity contribution >= 4 is 34.7 Å². The highest BCUT2D eigenvalue weighted by Crippen LogP contribution is 2.32. The smallest absolute Gasteiger partial charge is 0.255 e. The van der Waals surface area contributed by atoms with Crippen LogP contribution in [0.15, 0.2) is 52.7 Å². The maximum atomic E-state index is 12.5. The van der Waals surface area contributed by atoms with Gasteiger partial charge in [0.05, 0.1) is 10.7 Å². The van der Waals surface area contributed by atoms with Gasteiger partial charge in [-0.3, -0.25) is 4.79 Å². The second-order valence-electron chi connectivity index (χ2n) is 5.98. The highest BCUT2D eigenvalue weighted by Gasteiger charge is 2.13. The topological polar surface area (TPSA) is 60.5 Å². The zero-order valence-electron chi connectivity index (χ0n) is 14.7. The number of nitrogens with one attached hydrogen (secondary N) is 1. The van der Waals surface area contributed by atoms with Crippen molar-refractivity contribution in [2.75, 3.05) is 18.5 Å². The third kappa shape index (κ3) is 4.43. The number of aromatic nitrogens is 1. The Kier molecular flexibility index (Phi) is 5.31. The van der Waals surface area contributed by atoms with Crippen molar-refractivity contribution in [1.82, 2.24) is 4.98 Å². The van der Waals surface area contributed by atoms with E-state index in [4.69, 9.17) is 9.47 Å². The lowest BCUT2D eigenvalue weighted by Crippen LogP contribution is -2.16. The zero-order valence-corrected chi connectivity index (χ0v) is 16.4. The molecule has 1 N–H and O–H groups in total. The summed E-state index contributed by atoms with van der Waals surface area (Å²) < 4.78 is 11.0. The number of anilines is 1. The van der Waals surface area contributed by atoms with Gasteiger partial charge in [0.25, 0.3) is 5.91 Å². The SMILES string of the molecule is Cc1nc(CSc2ccc(C(=O)Nc3ccc4c(c3)OCCO4)cc2)cs1. The summed E-state index contributed by atoms with van der Waals surface area (Å²) in [6.07, 6.45) is 0. The highest BCUT2D eigenvalue weighted by atomic mass is 32.2. The van der Waals surface area contributed by atoms with E-state index in [-0.39, 0.29) is 5.91 Å². The summed E-state index contributed by atoms with van der Waals surface area (Å²) in [4.78, 5) is 18.0. The normalized spacial score (nSPS) is 12.6. The zero-order chi connectivity index (χ0) is 18.6. The Bertz CT molecular complexity index is 954. The average Bonchev–Trinajstić information content (AvgIpc) is 3.12. The molecule has 4 rings (SSSR count). The standard InChI is InChI=1S/C20H18N2O3S2/c1-13-21-16(11-26-13)12-27-17-5-2-14(3-6-17)20(23)22-15-4-7-18-19(10-15)25-9-8-24-18/h2-7,10-11H,8-9,12H2,1H3,(H,22,23). The van der Waals surface area contributed by atoms with Crippen LogP contribution >= 0.6 is 23.1 Å². The van der Waals surface area contributed by atoms with E-state index in [0.29, 0.717) is 36.0 Å². The van der Waals surface area contributed by atoms with Gasteiger partial charge in [-0.05, 0) is 43.3 Å². The van der Waals surface area contributed by atoms with Gasteiger partial charge < -0.3 is 14.8 Å². The first kappa shape index (κ1) is 17.9. The van der Waals surface area contributed by atoms with Crippen LogP contribution in [0.25, 0.3) is 0 Å². The molecule has 5 nitrogen and oxygen atoms in total. The van der Waals surface area contributed by atoms with E-state index in [0.717, 1.165) is 21.3 Å². The van der Waals surface area contributed by atoms with E-state index in [1.54, 1.807) is 29.2 Å². The first-order valence-corrected chi connectivity index (χ1v) is 10.4. The molecule has 0 saturated heterocycles. The maximum Gasteiger partial charge on any atom is 0.255 e. The van der Waals surface area contributed by atoms with Crippen molar-refractivity contribution in [2.45, 2.75) is 17.6 Å². The number of hydrogen-bond acceptors (Lipinski definition) is 6. The molecular formula is C20H18N2O3S2. The molecule has 0 fully saturated rings. The van der Waals surface area contributed by atoms with Crippen molar-refractivity contribution in [3.05, 3.63) is 64.1 Å². The summed E-state index contributed by atoms with van der Waals surface area (Å²) in [6, 6.07) is 13.0. The van der Waals surface area contributed by atoms with Crippen LogP contribution in [-0.4, -0.2) is 24.1 Å². The van der Waals surface area contributed by atoms with Gasteiger partial charge >= 0.3 is 0 Å². The molecule has 1 aliphatic rings. The first-order chi connectivity index (χ1) is 13.2. The van der Waals surface area contributed by atoms with Crippen molar-refractivity contribution < 1.29 is 14.3 Å². The van der Waals surface area contributed by atoms with Crippen LogP contribution in [-0.2, 0) is 5.75 Å². The molecule has 27 heavy (non-hydrogen) atoms. The summed E-state index contributed by atoms with van der Waals surface area (Å²) >= 11 is 3.37. The number of fused-ring (bicyclic) bond motifs is 1. The minimum absolute atomic E-state index is 0.154. The summed E-state index contributed by atoms with van der Waals surface area (Å²) in [5, 5.41) is 6.06. The van der Waals surface area contributed by atoms with E-state index >= 15 is 0 Å². The van der Waals surface area contributed by atoms with Gasteiger partial charge in [0.1, 0.15) is 13.2 Å². The fourth-order valence-electron chi connectivity index (χ4n) is 2.66. The fourth-order valence-corrected chi connectivity index (χ4v) is 4.17. The molecular weight excluding hydrogens is 380 g/mol. The van der Waals surface area contributed by atoms with Crippen LogP contribution in [0.2, 0.25) is 0 Å². The molecule has 0 saturated carbocycles. The quantitative estimate of drug-likeness (QED) is 0.628. The van der Waals surface area contributed by atoms with Gasteiger partial charge in [0, 0.05) is 33.3 Å². The predicted octanol–water partition coefficient (Wildman–Crippen LogP) is 4.77. The molecule has 0 atom stereocenters. The first-order valence-electron chi connectivity index (χ1n) is 8.52. The number of carbonyl (C=O) groups excluding carboxylic acids is 1. The summed E-state index contributed by atoms with van der Waals surface area (Å²) in [5.41, 5.74) is 2.38. The Labute approximate surface area is 165 Å². The van der Waals surface area contributed by atoms with Crippen LogP contribution in [0, 0.1) is 6.92 Å². The molecule has 2 heterocycles. The van der Waals surface area contributed by atoms with Crippen LogP contribution < -0.4 is 14.8 Å². The molecule has 1 amide bonds. The van der Waals surface area contributed by atoms with Gasteiger partial charge in [-0.1, -0.05) is 0 Å². The molecule has 1 aromatic heterocycles. The Morgan fingerprint density at radius 3 is 2.67 bits per heavy atom. The van der Waals surface area contributed by atoms with Crippen LogP contribution in [0.3, 0.4) is 0 Å². The van der Waals surface area contributed by atoms with E-state index in [9.17, 15) is 4.79 Å². The number of nitrogens with zero attached hydrogens (tertiary/aromatic N) is 1. The fraction of sp³-hybridized carbons (Fsp3) is 0.200. The monoisotopic (exact) mass is 398 g/mol. The van der Waals surface area contributed by atoms with E-state index in [1.807, 2.05) is 43.3 Å². The third-order valence-corrected chi connectivity index (χ3v) is 5.84. The largest absolute Gasteiger partial charge is 0.486 e. The molecule has 0 bridgehead atoms. The number of ether oxygens (including phenoxy) is 2. The van der Waals surface area contributed by atoms with Gasteiger partial charge in [-0.25, -0.2) is 4.98 Å². The highest BCUT2D eigenvalue weighted by molar-refractivity contribution is 7.98. The Morgan fingerprint density at radius 1 is 1.15 bits per heavy atom. The minimum Gasteiger partial charge on any atom is -0.486 e. The van der Waals surface area contributed by atoms with Crippen molar-refractivity contribution in [2.24, 2.45) is 0 Å². The molecule has 1 aliphatic heterocycles. The average molecular weight is 399 g/mol. The number of aryl methyl sites for hydroxylation is 1. The minimum atomic E-state index is -0.154. The van der Waals surface area contributed by atoms with Gasteiger partial charge in [-0.15, -0.1) is 23.1 Å². The van der Waals surface area contributed by atoms with Gasteiger partial charge in [0.15, 0.2) is 11.5 Å². The van der Waals surface area contributed by atoms with Crippen molar-refractivity contribution in [3.8, 4) is 11.5 Å². The van der Waals surface area contributed by atoms with Crippen LogP contribution in [0.1, 0.15) is 21.1 Å².